The number of primary amides is 1. The Kier molecular flexibility index (Phi) is 3.50. The topological polar surface area (TPSA) is 148 Å². The average Bonchev–Trinajstić information content (AvgIpc) is 2.66. The van der Waals surface area contributed by atoms with Crippen molar-refractivity contribution in [1.82, 2.24) is 9.88 Å². The fraction of sp³-hybridized carbons (Fsp3) is 0.333. The maximum Gasteiger partial charge on any atom is 0.328 e. The van der Waals surface area contributed by atoms with Gasteiger partial charge in [0, 0.05) is 11.8 Å². The van der Waals surface area contributed by atoms with E-state index in [1.54, 1.807) is 0 Å². The molecule has 9 nitrogen and oxygen atoms in total. The van der Waals surface area contributed by atoms with Crippen LogP contribution in [0.3, 0.4) is 0 Å². The number of nitrogens with two attached hydrogens (primary N) is 1. The summed E-state index contributed by atoms with van der Waals surface area (Å²) < 4.78 is 23.8. The largest absolute Gasteiger partial charge is 0.480 e. The first kappa shape index (κ1) is 17.1. The fourth-order valence-corrected chi connectivity index (χ4v) is 5.30. The molecule has 2 fully saturated rings. The summed E-state index contributed by atoms with van der Waals surface area (Å²) in [5, 5.41) is 8.02. The van der Waals surface area contributed by atoms with Gasteiger partial charge in [-0.25, -0.2) is 13.2 Å². The second-order valence-electron chi connectivity index (χ2n) is 6.39. The van der Waals surface area contributed by atoms with Crippen LogP contribution >= 0.6 is 0 Å². The number of pyridine rings is 1. The molecule has 0 spiro atoms. The number of aromatic nitrogens is 1. The summed E-state index contributed by atoms with van der Waals surface area (Å²) in [4.78, 5) is 39.9. The van der Waals surface area contributed by atoms with E-state index in [1.165, 1.54) is 38.3 Å². The molecule has 132 valence electrons. The second-order valence-corrected chi connectivity index (χ2v) is 8.98. The van der Waals surface area contributed by atoms with Crippen LogP contribution in [-0.4, -0.2) is 57.4 Å². The van der Waals surface area contributed by atoms with Gasteiger partial charge in [-0.2, -0.15) is 0 Å². The van der Waals surface area contributed by atoms with Gasteiger partial charge in [0.2, 0.25) is 5.91 Å². The molecule has 0 radical (unpaired) electrons. The highest BCUT2D eigenvalue weighted by atomic mass is 32.2. The van der Waals surface area contributed by atoms with Gasteiger partial charge in [-0.05, 0) is 32.1 Å². The molecule has 2 aliphatic heterocycles. The lowest BCUT2D eigenvalue weighted by Crippen LogP contribution is -2.58. The van der Waals surface area contributed by atoms with E-state index < -0.39 is 43.8 Å². The number of hydrogen-bond donors (Lipinski definition) is 2. The second kappa shape index (κ2) is 5.12. The Morgan fingerprint density at radius 2 is 2.04 bits per heavy atom. The van der Waals surface area contributed by atoms with Crippen LogP contribution in [-0.2, 0) is 19.4 Å². The highest BCUT2D eigenvalue weighted by Gasteiger charge is 2.70. The number of hydrogen-bond acceptors (Lipinski definition) is 6. The number of β-lactam (4-membered cyclic amide) rings is 1. The lowest BCUT2D eigenvalue weighted by atomic mass is 9.95. The molecule has 2 aliphatic rings. The number of fused-ring (bicyclic) bond motifs is 1. The van der Waals surface area contributed by atoms with E-state index in [4.69, 9.17) is 5.73 Å². The van der Waals surface area contributed by atoms with E-state index in [0.29, 0.717) is 0 Å². The maximum absolute atomic E-state index is 12.7. The minimum Gasteiger partial charge on any atom is -0.480 e. The molecule has 25 heavy (non-hydrogen) atoms. The highest BCUT2D eigenvalue weighted by Crippen LogP contribution is 2.48. The first-order chi connectivity index (χ1) is 11.5. The zero-order valence-electron chi connectivity index (χ0n) is 13.3. The van der Waals surface area contributed by atoms with Crippen molar-refractivity contribution in [1.29, 1.82) is 0 Å². The Balaban J connectivity index is 2.08. The molecule has 2 atom stereocenters. The average molecular weight is 365 g/mol. The number of amides is 2. The molecule has 1 aromatic rings. The number of aliphatic carboxylic acids is 1. The number of carboxylic acids is 1. The summed E-state index contributed by atoms with van der Waals surface area (Å²) in [5.74, 6) is -2.75. The van der Waals surface area contributed by atoms with Crippen molar-refractivity contribution >= 4 is 33.7 Å². The van der Waals surface area contributed by atoms with Crippen molar-refractivity contribution in [3.8, 4) is 0 Å². The smallest absolute Gasteiger partial charge is 0.328 e. The van der Waals surface area contributed by atoms with Crippen molar-refractivity contribution in [2.24, 2.45) is 5.73 Å². The molecule has 1 aromatic heterocycles. The van der Waals surface area contributed by atoms with Gasteiger partial charge in [-0.15, -0.1) is 0 Å². The number of nitrogens with zero attached hydrogens (tertiary/aromatic N) is 2. The Labute approximate surface area is 143 Å². The molecular formula is C15H15N3O6S. The molecule has 3 heterocycles. The Morgan fingerprint density at radius 3 is 2.60 bits per heavy atom. The lowest BCUT2D eigenvalue weighted by molar-refractivity contribution is -0.152. The van der Waals surface area contributed by atoms with Gasteiger partial charge in [-0.1, -0.05) is 0 Å². The summed E-state index contributed by atoms with van der Waals surface area (Å²) in [6.45, 7) is 2.58. The van der Waals surface area contributed by atoms with E-state index >= 15 is 0 Å². The van der Waals surface area contributed by atoms with Crippen LogP contribution in [0.15, 0.2) is 23.9 Å². The minimum absolute atomic E-state index is 0.0778. The van der Waals surface area contributed by atoms with Gasteiger partial charge in [-0.3, -0.25) is 14.6 Å². The Hall–Kier alpha value is -2.75. The highest BCUT2D eigenvalue weighted by molar-refractivity contribution is 7.94. The van der Waals surface area contributed by atoms with Crippen molar-refractivity contribution in [2.75, 3.05) is 0 Å². The van der Waals surface area contributed by atoms with Crippen LogP contribution in [0, 0.1) is 0 Å². The van der Waals surface area contributed by atoms with Crippen molar-refractivity contribution in [3.05, 3.63) is 35.2 Å². The molecule has 0 bridgehead atoms. The van der Waals surface area contributed by atoms with Crippen LogP contribution in [0.2, 0.25) is 0 Å². The number of carbonyl (C=O) groups is 3. The van der Waals surface area contributed by atoms with E-state index in [2.05, 4.69) is 4.98 Å². The van der Waals surface area contributed by atoms with Gasteiger partial charge >= 0.3 is 5.97 Å². The first-order valence-corrected chi connectivity index (χ1v) is 8.81. The predicted molar refractivity (Wildman–Crippen MR) is 85.8 cm³/mol. The van der Waals surface area contributed by atoms with Gasteiger partial charge in [0.25, 0.3) is 5.91 Å². The monoisotopic (exact) mass is 365 g/mol. The third-order valence-corrected chi connectivity index (χ3v) is 7.33. The van der Waals surface area contributed by atoms with Crippen molar-refractivity contribution in [3.63, 3.8) is 0 Å². The quantitative estimate of drug-likeness (QED) is 0.536. The van der Waals surface area contributed by atoms with E-state index in [-0.39, 0.29) is 16.8 Å². The summed E-state index contributed by atoms with van der Waals surface area (Å²) in [6.07, 6.45) is 2.55. The van der Waals surface area contributed by atoms with Crippen LogP contribution in [0.4, 0.5) is 0 Å². The number of rotatable bonds is 3. The molecule has 0 aromatic carbocycles. The summed E-state index contributed by atoms with van der Waals surface area (Å²) in [7, 11) is -3.95. The SMILES string of the molecule is CC1(C)[C@H](C(=O)O)N2C(=O)/C(=C/c3cc(C(N)=O)ccn3)C2S1(=O)=O. The number of carboxylic acid groups (broad SMARTS) is 1. The number of sulfone groups is 1. The van der Waals surface area contributed by atoms with E-state index in [0.717, 1.165) is 4.90 Å². The van der Waals surface area contributed by atoms with Gasteiger partial charge in [0.1, 0.15) is 4.75 Å². The van der Waals surface area contributed by atoms with Gasteiger partial charge in [0.15, 0.2) is 21.3 Å². The van der Waals surface area contributed by atoms with Gasteiger partial charge < -0.3 is 15.7 Å². The lowest BCUT2D eigenvalue weighted by Gasteiger charge is -2.37. The van der Waals surface area contributed by atoms with Crippen molar-refractivity contribution < 1.29 is 27.9 Å². The molecule has 3 N–H and O–H groups in total. The van der Waals surface area contributed by atoms with E-state index in [1.807, 2.05) is 0 Å². The molecule has 0 saturated carbocycles. The minimum atomic E-state index is -3.95. The Morgan fingerprint density at radius 1 is 1.40 bits per heavy atom. The van der Waals surface area contributed by atoms with Crippen LogP contribution in [0.1, 0.15) is 29.9 Å². The maximum atomic E-state index is 12.7. The predicted octanol–water partition coefficient (Wildman–Crippen LogP) is -0.608. The Bertz CT molecular complexity index is 950. The van der Waals surface area contributed by atoms with Crippen LogP contribution in [0.5, 0.6) is 0 Å². The zero-order chi connectivity index (χ0) is 18.7. The third-order valence-electron chi connectivity index (χ3n) is 4.57. The number of carbonyl (C=O) groups excluding carboxylic acids is 2. The van der Waals surface area contributed by atoms with Gasteiger partial charge in [0.05, 0.1) is 11.3 Å². The van der Waals surface area contributed by atoms with Crippen molar-refractivity contribution in [2.45, 2.75) is 30.0 Å². The normalized spacial score (nSPS) is 27.7. The molecule has 2 amide bonds. The molecule has 2 saturated heterocycles. The third kappa shape index (κ3) is 2.17. The zero-order valence-corrected chi connectivity index (χ0v) is 14.1. The summed E-state index contributed by atoms with van der Waals surface area (Å²) >= 11 is 0. The fourth-order valence-electron chi connectivity index (χ4n) is 3.18. The molecule has 0 aliphatic carbocycles. The molecule has 3 rings (SSSR count). The standard InChI is InChI=1S/C15H15N3O6S/c1-15(2)10(14(21)22)18-12(20)9(13(18)25(15,23)24)6-8-5-7(11(16)19)3-4-17-8/h3-6,10,13H,1-2H3,(H2,16,19)(H,21,22)/b9-6-/t10-,13?/m0/s1. The molecule has 1 unspecified atom stereocenters. The van der Waals surface area contributed by atoms with Crippen LogP contribution < -0.4 is 5.73 Å². The molecular weight excluding hydrogens is 350 g/mol. The molecule has 10 heteroatoms. The summed E-state index contributed by atoms with van der Waals surface area (Å²) in [5.41, 5.74) is 5.44. The summed E-state index contributed by atoms with van der Waals surface area (Å²) in [6, 6.07) is 1.25. The first-order valence-electron chi connectivity index (χ1n) is 7.26. The van der Waals surface area contributed by atoms with Crippen LogP contribution in [0.25, 0.3) is 6.08 Å². The van der Waals surface area contributed by atoms with E-state index in [9.17, 15) is 27.9 Å².